The summed E-state index contributed by atoms with van der Waals surface area (Å²) >= 11 is 0. The van der Waals surface area contributed by atoms with Crippen molar-refractivity contribution in [1.82, 2.24) is 0 Å². The van der Waals surface area contributed by atoms with Crippen molar-refractivity contribution in [2.45, 2.75) is 20.3 Å². The number of anilines is 1. The van der Waals surface area contributed by atoms with E-state index < -0.39 is 11.2 Å². The molecule has 0 aliphatic rings. The molecule has 0 saturated carbocycles. The van der Waals surface area contributed by atoms with Gasteiger partial charge in [-0.25, -0.2) is 0 Å². The molecular weight excluding hydrogens is 256 g/mol. The van der Waals surface area contributed by atoms with Gasteiger partial charge >= 0.3 is 0 Å². The highest BCUT2D eigenvalue weighted by Crippen LogP contribution is 2.32. The average Bonchev–Trinajstić information content (AvgIpc) is 2.42. The molecule has 1 aromatic carbocycles. The summed E-state index contributed by atoms with van der Waals surface area (Å²) in [6.07, 6.45) is 0.727. The van der Waals surface area contributed by atoms with Crippen molar-refractivity contribution in [3.05, 3.63) is 45.6 Å². The van der Waals surface area contributed by atoms with E-state index in [1.54, 1.807) is 12.1 Å². The molecule has 0 bridgehead atoms. The lowest BCUT2D eigenvalue weighted by molar-refractivity contribution is 0.442. The van der Waals surface area contributed by atoms with E-state index >= 15 is 0 Å². The van der Waals surface area contributed by atoms with Crippen LogP contribution in [0.5, 0.6) is 5.75 Å². The van der Waals surface area contributed by atoms with Crippen LogP contribution in [0.1, 0.15) is 25.0 Å². The van der Waals surface area contributed by atoms with E-state index in [-0.39, 0.29) is 22.9 Å². The Morgan fingerprint density at radius 1 is 1.40 bits per heavy atom. The number of nitrogen functional groups attached to an aromatic ring is 1. The van der Waals surface area contributed by atoms with Crippen LogP contribution in [0, 0.1) is 5.41 Å². The van der Waals surface area contributed by atoms with Gasteiger partial charge in [-0.1, -0.05) is 31.2 Å². The van der Waals surface area contributed by atoms with Gasteiger partial charge in [-0.3, -0.25) is 4.79 Å². The molecule has 0 amide bonds. The molecule has 1 heterocycles. The molecule has 2 aromatic rings. The predicted octanol–water partition coefficient (Wildman–Crippen LogP) is 2.54. The zero-order valence-electron chi connectivity index (χ0n) is 11.4. The van der Waals surface area contributed by atoms with Crippen molar-refractivity contribution < 1.29 is 9.52 Å². The summed E-state index contributed by atoms with van der Waals surface area (Å²) in [4.78, 5) is 12.1. The number of aryl methyl sites for hydroxylation is 1. The molecule has 2 rings (SSSR count). The summed E-state index contributed by atoms with van der Waals surface area (Å²) in [5.74, 6) is -0.613. The van der Waals surface area contributed by atoms with Gasteiger partial charge in [0.2, 0.25) is 17.1 Å². The molecule has 4 N–H and O–H groups in total. The Morgan fingerprint density at radius 3 is 2.65 bits per heavy atom. The third-order valence-corrected chi connectivity index (χ3v) is 3.13. The van der Waals surface area contributed by atoms with Crippen molar-refractivity contribution in [2.75, 3.05) is 5.73 Å². The lowest BCUT2D eigenvalue weighted by Crippen LogP contribution is -2.16. The molecule has 0 atom stereocenters. The zero-order valence-corrected chi connectivity index (χ0v) is 11.4. The lowest BCUT2D eigenvalue weighted by Gasteiger charge is -2.11. The second-order valence-electron chi connectivity index (χ2n) is 4.48. The van der Waals surface area contributed by atoms with Gasteiger partial charge < -0.3 is 20.7 Å². The van der Waals surface area contributed by atoms with E-state index in [0.717, 1.165) is 12.0 Å². The quantitative estimate of drug-likeness (QED) is 0.747. The predicted molar refractivity (Wildman–Crippen MR) is 78.4 cm³/mol. The average molecular weight is 272 g/mol. The molecule has 0 aliphatic heterocycles. The fourth-order valence-electron chi connectivity index (χ4n) is 2.13. The number of hydrogen-bond acceptors (Lipinski definition) is 5. The number of rotatable bonds is 3. The van der Waals surface area contributed by atoms with Gasteiger partial charge in [0.25, 0.3) is 0 Å². The van der Waals surface area contributed by atoms with Gasteiger partial charge in [0, 0.05) is 11.3 Å². The second-order valence-corrected chi connectivity index (χ2v) is 4.48. The summed E-state index contributed by atoms with van der Waals surface area (Å²) in [5.41, 5.74) is 6.45. The van der Waals surface area contributed by atoms with Gasteiger partial charge in [0.1, 0.15) is 5.56 Å². The molecule has 0 spiro atoms. The lowest BCUT2D eigenvalue weighted by atomic mass is 10.0. The van der Waals surface area contributed by atoms with Gasteiger partial charge in [-0.05, 0) is 18.9 Å². The SMILES string of the molecule is CCc1ccccc1-c1oc(N)c(C(C)=N)c(=O)c1O. The second kappa shape index (κ2) is 5.21. The van der Waals surface area contributed by atoms with Crippen LogP contribution in [0.3, 0.4) is 0 Å². The molecule has 0 unspecified atom stereocenters. The molecule has 5 nitrogen and oxygen atoms in total. The maximum atomic E-state index is 12.1. The molecular formula is C15H16N2O3. The van der Waals surface area contributed by atoms with Gasteiger partial charge in [0.15, 0.2) is 5.76 Å². The minimum Gasteiger partial charge on any atom is -0.502 e. The van der Waals surface area contributed by atoms with Gasteiger partial charge in [-0.2, -0.15) is 0 Å². The molecule has 0 fully saturated rings. The topological polar surface area (TPSA) is 100 Å². The molecule has 20 heavy (non-hydrogen) atoms. The maximum absolute atomic E-state index is 12.1. The zero-order chi connectivity index (χ0) is 14.9. The Labute approximate surface area is 116 Å². The van der Waals surface area contributed by atoms with E-state index in [9.17, 15) is 9.90 Å². The third-order valence-electron chi connectivity index (χ3n) is 3.13. The minimum absolute atomic E-state index is 0.0399. The van der Waals surface area contributed by atoms with Crippen LogP contribution >= 0.6 is 0 Å². The largest absolute Gasteiger partial charge is 0.502 e. The van der Waals surface area contributed by atoms with Crippen LogP contribution in [0.4, 0.5) is 5.88 Å². The highest BCUT2D eigenvalue weighted by molar-refractivity contribution is 6.00. The highest BCUT2D eigenvalue weighted by Gasteiger charge is 2.20. The Hall–Kier alpha value is -2.56. The monoisotopic (exact) mass is 272 g/mol. The fraction of sp³-hybridized carbons (Fsp3) is 0.200. The normalized spacial score (nSPS) is 10.5. The minimum atomic E-state index is -0.679. The van der Waals surface area contributed by atoms with E-state index in [0.29, 0.717) is 5.56 Å². The van der Waals surface area contributed by atoms with E-state index in [2.05, 4.69) is 0 Å². The van der Waals surface area contributed by atoms with Crippen molar-refractivity contribution in [3.63, 3.8) is 0 Å². The summed E-state index contributed by atoms with van der Waals surface area (Å²) in [7, 11) is 0. The first kappa shape index (κ1) is 13.9. The number of nitrogens with two attached hydrogens (primary N) is 1. The summed E-state index contributed by atoms with van der Waals surface area (Å²) in [6, 6.07) is 7.31. The van der Waals surface area contributed by atoms with Crippen LogP contribution in [0.25, 0.3) is 11.3 Å². The van der Waals surface area contributed by atoms with Crippen molar-refractivity contribution in [2.24, 2.45) is 0 Å². The van der Waals surface area contributed by atoms with Crippen LogP contribution in [-0.2, 0) is 6.42 Å². The van der Waals surface area contributed by atoms with Crippen molar-refractivity contribution in [1.29, 1.82) is 5.41 Å². The summed E-state index contributed by atoms with van der Waals surface area (Å²) in [5, 5.41) is 17.6. The molecule has 1 aromatic heterocycles. The molecule has 0 saturated heterocycles. The number of hydrogen-bond donors (Lipinski definition) is 3. The summed E-state index contributed by atoms with van der Waals surface area (Å²) < 4.78 is 5.40. The highest BCUT2D eigenvalue weighted by atomic mass is 16.4. The standard InChI is InChI=1S/C15H16N2O3/c1-3-9-6-4-5-7-10(9)14-13(19)12(18)11(8(2)16)15(17)20-14/h4-7,16,19H,3,17H2,1-2H3. The molecule has 0 radical (unpaired) electrons. The number of benzene rings is 1. The van der Waals surface area contributed by atoms with Gasteiger partial charge in [-0.15, -0.1) is 0 Å². The Morgan fingerprint density at radius 2 is 2.05 bits per heavy atom. The smallest absolute Gasteiger partial charge is 0.238 e. The van der Waals surface area contributed by atoms with Crippen molar-refractivity contribution >= 4 is 11.6 Å². The van der Waals surface area contributed by atoms with Crippen LogP contribution < -0.4 is 11.2 Å². The third kappa shape index (κ3) is 2.18. The Kier molecular flexibility index (Phi) is 3.61. The first-order valence-electron chi connectivity index (χ1n) is 6.26. The van der Waals surface area contributed by atoms with Crippen LogP contribution in [-0.4, -0.2) is 10.8 Å². The Balaban J connectivity index is 2.78. The van der Waals surface area contributed by atoms with E-state index in [1.807, 2.05) is 19.1 Å². The Bertz CT molecular complexity index is 732. The van der Waals surface area contributed by atoms with Gasteiger partial charge in [0.05, 0.1) is 0 Å². The van der Waals surface area contributed by atoms with Crippen LogP contribution in [0.15, 0.2) is 33.5 Å². The molecule has 104 valence electrons. The number of nitrogens with one attached hydrogen (secondary N) is 1. The van der Waals surface area contributed by atoms with E-state index in [1.165, 1.54) is 6.92 Å². The maximum Gasteiger partial charge on any atom is 0.238 e. The molecule has 0 aliphatic carbocycles. The van der Waals surface area contributed by atoms with E-state index in [4.69, 9.17) is 15.6 Å². The number of aromatic hydroxyl groups is 1. The fourth-order valence-corrected chi connectivity index (χ4v) is 2.13. The first-order chi connectivity index (χ1) is 9.47. The van der Waals surface area contributed by atoms with Crippen molar-refractivity contribution in [3.8, 4) is 17.1 Å². The van der Waals surface area contributed by atoms with Crippen LogP contribution in [0.2, 0.25) is 0 Å². The summed E-state index contributed by atoms with van der Waals surface area (Å²) in [6.45, 7) is 3.38. The first-order valence-corrected chi connectivity index (χ1v) is 6.26. The molecule has 5 heteroatoms.